The second-order valence-electron chi connectivity index (χ2n) is 3.64. The lowest BCUT2D eigenvalue weighted by Gasteiger charge is -2.20. The zero-order valence-corrected chi connectivity index (χ0v) is 7.08. The number of hydrogen-bond acceptors (Lipinski definition) is 2. The molecule has 12 heavy (non-hydrogen) atoms. The van der Waals surface area contributed by atoms with Crippen molar-refractivity contribution in [3.63, 3.8) is 0 Å². The number of rotatable bonds is 2. The van der Waals surface area contributed by atoms with Crippen LogP contribution >= 0.6 is 0 Å². The Balaban J connectivity index is 2.02. The second-order valence-corrected chi connectivity index (χ2v) is 3.64. The van der Waals surface area contributed by atoms with Gasteiger partial charge in [0, 0.05) is 18.8 Å². The van der Waals surface area contributed by atoms with Gasteiger partial charge in [-0.1, -0.05) is 12.8 Å². The van der Waals surface area contributed by atoms with Crippen LogP contribution in [0.2, 0.25) is 0 Å². The minimum Gasteiger partial charge on any atom is -0.389 e. The fraction of sp³-hybridized carbons (Fsp3) is 0.667. The molecule has 1 fully saturated rings. The van der Waals surface area contributed by atoms with Crippen LogP contribution in [0.1, 0.15) is 31.5 Å². The summed E-state index contributed by atoms with van der Waals surface area (Å²) in [6.07, 6.45) is 8.36. The van der Waals surface area contributed by atoms with E-state index < -0.39 is 5.60 Å². The number of aromatic nitrogens is 2. The first-order chi connectivity index (χ1) is 5.79. The van der Waals surface area contributed by atoms with Crippen molar-refractivity contribution in [2.45, 2.75) is 37.7 Å². The number of hydrogen-bond donors (Lipinski definition) is 2. The smallest absolute Gasteiger partial charge is 0.108 e. The summed E-state index contributed by atoms with van der Waals surface area (Å²) in [6, 6.07) is 0. The van der Waals surface area contributed by atoms with Crippen LogP contribution in [0, 0.1) is 0 Å². The van der Waals surface area contributed by atoms with Crippen LogP contribution in [-0.2, 0) is 6.42 Å². The van der Waals surface area contributed by atoms with E-state index in [1.165, 1.54) is 0 Å². The lowest BCUT2D eigenvalue weighted by atomic mass is 9.98. The largest absolute Gasteiger partial charge is 0.389 e. The van der Waals surface area contributed by atoms with Gasteiger partial charge in [-0.2, -0.15) is 0 Å². The molecule has 0 unspecified atom stereocenters. The molecule has 0 aromatic carbocycles. The third-order valence-electron chi connectivity index (χ3n) is 2.59. The highest BCUT2D eigenvalue weighted by Crippen LogP contribution is 2.31. The van der Waals surface area contributed by atoms with Crippen molar-refractivity contribution < 1.29 is 5.11 Å². The molecule has 0 amide bonds. The summed E-state index contributed by atoms with van der Waals surface area (Å²) in [5.74, 6) is 0.902. The third-order valence-corrected chi connectivity index (χ3v) is 2.59. The van der Waals surface area contributed by atoms with Gasteiger partial charge in [-0.05, 0) is 12.8 Å². The van der Waals surface area contributed by atoms with Crippen LogP contribution in [0.25, 0.3) is 0 Å². The van der Waals surface area contributed by atoms with E-state index in [2.05, 4.69) is 9.97 Å². The molecule has 3 heteroatoms. The maximum absolute atomic E-state index is 10.0. The molecule has 1 aromatic heterocycles. The first kappa shape index (κ1) is 7.80. The Kier molecular flexibility index (Phi) is 1.89. The van der Waals surface area contributed by atoms with Crippen molar-refractivity contribution in [3.8, 4) is 0 Å². The number of aliphatic hydroxyl groups is 1. The highest BCUT2D eigenvalue weighted by molar-refractivity contribution is 4.97. The average molecular weight is 166 g/mol. The molecular weight excluding hydrogens is 152 g/mol. The van der Waals surface area contributed by atoms with Gasteiger partial charge in [0.15, 0.2) is 0 Å². The van der Waals surface area contributed by atoms with E-state index in [0.717, 1.165) is 31.5 Å². The van der Waals surface area contributed by atoms with E-state index in [4.69, 9.17) is 0 Å². The standard InChI is InChI=1S/C9H14N2O/c12-9(3-1-2-4-9)7-8-10-5-6-11-8/h5-6,12H,1-4,7H2,(H,10,11). The van der Waals surface area contributed by atoms with Crippen LogP contribution in [-0.4, -0.2) is 20.7 Å². The summed E-state index contributed by atoms with van der Waals surface area (Å²) in [5.41, 5.74) is -0.474. The molecule has 1 aromatic rings. The third kappa shape index (κ3) is 1.50. The van der Waals surface area contributed by atoms with Crippen LogP contribution in [0.15, 0.2) is 12.4 Å². The van der Waals surface area contributed by atoms with Gasteiger partial charge in [-0.25, -0.2) is 4.98 Å². The Bertz CT molecular complexity index is 237. The molecule has 0 aliphatic heterocycles. The van der Waals surface area contributed by atoms with Gasteiger partial charge in [0.25, 0.3) is 0 Å². The summed E-state index contributed by atoms with van der Waals surface area (Å²) in [5, 5.41) is 10.0. The molecule has 2 N–H and O–H groups in total. The maximum atomic E-state index is 10.0. The highest BCUT2D eigenvalue weighted by atomic mass is 16.3. The zero-order chi connectivity index (χ0) is 8.44. The zero-order valence-electron chi connectivity index (χ0n) is 7.08. The quantitative estimate of drug-likeness (QED) is 0.694. The number of nitrogens with one attached hydrogen (secondary N) is 1. The lowest BCUT2D eigenvalue weighted by molar-refractivity contribution is 0.0463. The van der Waals surface area contributed by atoms with Gasteiger partial charge in [-0.3, -0.25) is 0 Å². The Morgan fingerprint density at radius 2 is 2.25 bits per heavy atom. The van der Waals surface area contributed by atoms with E-state index in [0.29, 0.717) is 6.42 Å². The first-order valence-electron chi connectivity index (χ1n) is 4.49. The lowest BCUT2D eigenvalue weighted by Crippen LogP contribution is -2.27. The van der Waals surface area contributed by atoms with Crippen LogP contribution in [0.4, 0.5) is 0 Å². The molecule has 0 bridgehead atoms. The number of aromatic amines is 1. The minimum atomic E-state index is -0.474. The van der Waals surface area contributed by atoms with Crippen molar-refractivity contribution in [2.75, 3.05) is 0 Å². The Hall–Kier alpha value is -0.830. The molecule has 0 saturated heterocycles. The van der Waals surface area contributed by atoms with Crippen molar-refractivity contribution in [1.29, 1.82) is 0 Å². The highest BCUT2D eigenvalue weighted by Gasteiger charge is 2.31. The Labute approximate surface area is 71.8 Å². The normalized spacial score (nSPS) is 21.4. The van der Waals surface area contributed by atoms with E-state index in [1.807, 2.05) is 0 Å². The molecule has 0 radical (unpaired) electrons. The first-order valence-corrected chi connectivity index (χ1v) is 4.49. The average Bonchev–Trinajstić information content (AvgIpc) is 2.62. The molecule has 1 aliphatic rings. The van der Waals surface area contributed by atoms with Crippen LogP contribution in [0.5, 0.6) is 0 Å². The minimum absolute atomic E-state index is 0.474. The topological polar surface area (TPSA) is 48.9 Å². The molecular formula is C9H14N2O. The van der Waals surface area contributed by atoms with Gasteiger partial charge in [0.1, 0.15) is 5.82 Å². The van der Waals surface area contributed by atoms with Crippen molar-refractivity contribution in [2.24, 2.45) is 0 Å². The molecule has 3 nitrogen and oxygen atoms in total. The number of imidazole rings is 1. The van der Waals surface area contributed by atoms with Crippen LogP contribution in [0.3, 0.4) is 0 Å². The molecule has 0 spiro atoms. The number of H-pyrrole nitrogens is 1. The van der Waals surface area contributed by atoms with E-state index in [-0.39, 0.29) is 0 Å². The Morgan fingerprint density at radius 1 is 1.50 bits per heavy atom. The predicted molar refractivity (Wildman–Crippen MR) is 45.7 cm³/mol. The van der Waals surface area contributed by atoms with E-state index in [1.54, 1.807) is 12.4 Å². The summed E-state index contributed by atoms with van der Waals surface area (Å²) in [6.45, 7) is 0. The summed E-state index contributed by atoms with van der Waals surface area (Å²) < 4.78 is 0. The van der Waals surface area contributed by atoms with E-state index >= 15 is 0 Å². The summed E-state index contributed by atoms with van der Waals surface area (Å²) in [4.78, 5) is 7.13. The monoisotopic (exact) mass is 166 g/mol. The Morgan fingerprint density at radius 3 is 2.83 bits per heavy atom. The van der Waals surface area contributed by atoms with Crippen molar-refractivity contribution >= 4 is 0 Å². The fourth-order valence-corrected chi connectivity index (χ4v) is 1.92. The summed E-state index contributed by atoms with van der Waals surface area (Å²) >= 11 is 0. The second kappa shape index (κ2) is 2.90. The van der Waals surface area contributed by atoms with Gasteiger partial charge in [0.2, 0.25) is 0 Å². The van der Waals surface area contributed by atoms with Gasteiger partial charge >= 0.3 is 0 Å². The summed E-state index contributed by atoms with van der Waals surface area (Å²) in [7, 11) is 0. The molecule has 1 saturated carbocycles. The van der Waals surface area contributed by atoms with E-state index in [9.17, 15) is 5.11 Å². The molecule has 1 heterocycles. The van der Waals surface area contributed by atoms with Gasteiger partial charge < -0.3 is 10.1 Å². The van der Waals surface area contributed by atoms with Gasteiger partial charge in [0.05, 0.1) is 5.60 Å². The number of nitrogens with zero attached hydrogens (tertiary/aromatic N) is 1. The van der Waals surface area contributed by atoms with Crippen molar-refractivity contribution in [3.05, 3.63) is 18.2 Å². The molecule has 2 rings (SSSR count). The predicted octanol–water partition coefficient (Wildman–Crippen LogP) is 1.26. The molecule has 0 atom stereocenters. The van der Waals surface area contributed by atoms with Gasteiger partial charge in [-0.15, -0.1) is 0 Å². The molecule has 1 aliphatic carbocycles. The SMILES string of the molecule is OC1(Cc2ncc[nH]2)CCCC1. The van der Waals surface area contributed by atoms with Crippen LogP contribution < -0.4 is 0 Å². The van der Waals surface area contributed by atoms with Crippen molar-refractivity contribution in [1.82, 2.24) is 9.97 Å². The fourth-order valence-electron chi connectivity index (χ4n) is 1.92. The molecule has 66 valence electrons. The maximum Gasteiger partial charge on any atom is 0.108 e.